The second-order valence-corrected chi connectivity index (χ2v) is 8.12. The first-order chi connectivity index (χ1) is 18.4. The molecule has 0 spiro atoms. The van der Waals surface area contributed by atoms with Gasteiger partial charge in [-0.1, -0.05) is 0 Å². The van der Waals surface area contributed by atoms with Gasteiger partial charge in [-0.25, -0.2) is 0 Å². The Morgan fingerprint density at radius 1 is 0.405 bits per heavy atom. The molecule has 12 nitrogen and oxygen atoms in total. The van der Waals surface area contributed by atoms with E-state index in [2.05, 4.69) is 5.32 Å². The van der Waals surface area contributed by atoms with Gasteiger partial charge in [0.15, 0.2) is 0 Å². The molecule has 222 valence electrons. The zero-order chi connectivity index (χ0) is 26.3. The summed E-state index contributed by atoms with van der Waals surface area (Å²) in [5.74, 6) is 0. The second-order valence-electron chi connectivity index (χ2n) is 8.12. The van der Waals surface area contributed by atoms with Crippen molar-refractivity contribution in [1.29, 1.82) is 0 Å². The van der Waals surface area contributed by atoms with Crippen LogP contribution in [0.2, 0.25) is 0 Å². The van der Waals surface area contributed by atoms with Gasteiger partial charge in [0.05, 0.1) is 132 Å². The molecule has 1 aliphatic rings. The van der Waals surface area contributed by atoms with Gasteiger partial charge in [-0.05, 0) is 25.9 Å². The Hall–Kier alpha value is -0.480. The summed E-state index contributed by atoms with van der Waals surface area (Å²) in [6.45, 7) is 13.1. The molecular formula is C25H52N2O10. The Balaban J connectivity index is 1.61. The van der Waals surface area contributed by atoms with Crippen molar-refractivity contribution in [3.63, 3.8) is 0 Å². The number of rotatable bonds is 30. The highest BCUT2D eigenvalue weighted by Crippen LogP contribution is 2.06. The van der Waals surface area contributed by atoms with Crippen LogP contribution >= 0.6 is 0 Å². The van der Waals surface area contributed by atoms with E-state index in [4.69, 9.17) is 53.1 Å². The fraction of sp³-hybridized carbons (Fsp3) is 1.00. The van der Waals surface area contributed by atoms with Crippen molar-refractivity contribution in [3.05, 3.63) is 0 Å². The van der Waals surface area contributed by atoms with Crippen LogP contribution in [0.15, 0.2) is 0 Å². The summed E-state index contributed by atoms with van der Waals surface area (Å²) in [5.41, 5.74) is 5.32. The van der Waals surface area contributed by atoms with E-state index in [-0.39, 0.29) is 0 Å². The van der Waals surface area contributed by atoms with Crippen LogP contribution < -0.4 is 11.1 Å². The molecule has 0 unspecified atom stereocenters. The zero-order valence-electron chi connectivity index (χ0n) is 22.7. The molecule has 0 aromatic carbocycles. The van der Waals surface area contributed by atoms with Gasteiger partial charge in [0, 0.05) is 6.54 Å². The minimum absolute atomic E-state index is 0.376. The maximum Gasteiger partial charge on any atom is 0.0704 e. The van der Waals surface area contributed by atoms with Gasteiger partial charge in [-0.15, -0.1) is 0 Å². The molecule has 37 heavy (non-hydrogen) atoms. The second kappa shape index (κ2) is 30.1. The summed E-state index contributed by atoms with van der Waals surface area (Å²) in [6, 6.07) is 0. The van der Waals surface area contributed by atoms with Crippen LogP contribution in [0, 0.1) is 0 Å². The Labute approximate surface area is 223 Å². The monoisotopic (exact) mass is 540 g/mol. The molecule has 0 aromatic rings. The lowest BCUT2D eigenvalue weighted by Gasteiger charge is -2.22. The molecule has 0 aliphatic carbocycles. The van der Waals surface area contributed by atoms with Crippen LogP contribution in [0.1, 0.15) is 12.8 Å². The van der Waals surface area contributed by atoms with Gasteiger partial charge in [0.25, 0.3) is 0 Å². The topological polar surface area (TPSA) is 130 Å². The minimum atomic E-state index is 0.376. The summed E-state index contributed by atoms with van der Waals surface area (Å²) in [4.78, 5) is 0. The van der Waals surface area contributed by atoms with E-state index in [1.807, 2.05) is 0 Å². The lowest BCUT2D eigenvalue weighted by Crippen LogP contribution is -2.33. The van der Waals surface area contributed by atoms with E-state index in [1.165, 1.54) is 0 Å². The summed E-state index contributed by atoms with van der Waals surface area (Å²) in [6.07, 6.45) is 2.54. The molecule has 0 aromatic heterocycles. The number of piperidine rings is 1. The van der Waals surface area contributed by atoms with Gasteiger partial charge in [0.1, 0.15) is 0 Å². The molecule has 0 saturated carbocycles. The van der Waals surface area contributed by atoms with E-state index in [1.54, 1.807) is 0 Å². The largest absolute Gasteiger partial charge is 0.378 e. The highest BCUT2D eigenvalue weighted by atomic mass is 16.6. The normalized spacial score (nSPS) is 14.5. The van der Waals surface area contributed by atoms with Crippen LogP contribution in [0.4, 0.5) is 0 Å². The number of hydrogen-bond donors (Lipinski definition) is 2. The Kier molecular flexibility index (Phi) is 28.1. The summed E-state index contributed by atoms with van der Waals surface area (Å²) >= 11 is 0. The average molecular weight is 541 g/mol. The number of nitrogens with one attached hydrogen (secondary N) is 1. The van der Waals surface area contributed by atoms with E-state index >= 15 is 0 Å². The Morgan fingerprint density at radius 3 is 0.973 bits per heavy atom. The molecule has 1 heterocycles. The van der Waals surface area contributed by atoms with Crippen molar-refractivity contribution in [3.8, 4) is 0 Å². The van der Waals surface area contributed by atoms with Crippen LogP contribution in [-0.2, 0) is 47.4 Å². The fourth-order valence-electron chi connectivity index (χ4n) is 3.18. The van der Waals surface area contributed by atoms with Gasteiger partial charge < -0.3 is 58.4 Å². The SMILES string of the molecule is NCCOCCOCCOCCOCCOCCOCCOCCOCCOCCOC1CCNCC1. The first-order valence-electron chi connectivity index (χ1n) is 13.7. The zero-order valence-corrected chi connectivity index (χ0v) is 22.7. The van der Waals surface area contributed by atoms with E-state index in [0.29, 0.717) is 138 Å². The van der Waals surface area contributed by atoms with E-state index in [0.717, 1.165) is 25.9 Å². The van der Waals surface area contributed by atoms with E-state index < -0.39 is 0 Å². The molecular weight excluding hydrogens is 488 g/mol. The number of ether oxygens (including phenoxy) is 10. The lowest BCUT2D eigenvalue weighted by atomic mass is 10.1. The lowest BCUT2D eigenvalue weighted by molar-refractivity contribution is -0.0321. The van der Waals surface area contributed by atoms with Crippen molar-refractivity contribution in [1.82, 2.24) is 5.32 Å². The van der Waals surface area contributed by atoms with Crippen molar-refractivity contribution in [2.45, 2.75) is 18.9 Å². The molecule has 12 heteroatoms. The number of nitrogens with two attached hydrogens (primary N) is 1. The van der Waals surface area contributed by atoms with Gasteiger partial charge in [-0.3, -0.25) is 0 Å². The molecule has 0 radical (unpaired) electrons. The first-order valence-corrected chi connectivity index (χ1v) is 13.7. The summed E-state index contributed by atoms with van der Waals surface area (Å²) in [5, 5.41) is 3.33. The fourth-order valence-corrected chi connectivity index (χ4v) is 3.18. The molecule has 0 atom stereocenters. The van der Waals surface area contributed by atoms with Gasteiger partial charge in [0.2, 0.25) is 0 Å². The third-order valence-electron chi connectivity index (χ3n) is 5.11. The van der Waals surface area contributed by atoms with E-state index in [9.17, 15) is 0 Å². The molecule has 1 saturated heterocycles. The standard InChI is InChI=1S/C25H52N2O10/c26-3-6-28-7-8-29-9-10-30-11-12-31-13-14-32-15-16-33-17-18-34-19-20-35-21-22-36-23-24-37-25-1-4-27-5-2-25/h25,27H,1-24,26H2. The van der Waals surface area contributed by atoms with Crippen LogP contribution in [0.25, 0.3) is 0 Å². The highest BCUT2D eigenvalue weighted by Gasteiger charge is 2.12. The molecule has 1 aliphatic heterocycles. The highest BCUT2D eigenvalue weighted by molar-refractivity contribution is 4.67. The third-order valence-corrected chi connectivity index (χ3v) is 5.11. The molecule has 0 bridgehead atoms. The van der Waals surface area contributed by atoms with Crippen molar-refractivity contribution in [2.75, 3.05) is 145 Å². The van der Waals surface area contributed by atoms with Gasteiger partial charge in [-0.2, -0.15) is 0 Å². The molecule has 0 amide bonds. The Morgan fingerprint density at radius 2 is 0.676 bits per heavy atom. The number of hydrogen-bond acceptors (Lipinski definition) is 12. The first kappa shape index (κ1) is 34.5. The maximum atomic E-state index is 5.78. The van der Waals surface area contributed by atoms with Gasteiger partial charge >= 0.3 is 0 Å². The van der Waals surface area contributed by atoms with Crippen molar-refractivity contribution >= 4 is 0 Å². The van der Waals surface area contributed by atoms with Crippen LogP contribution in [0.3, 0.4) is 0 Å². The predicted molar refractivity (Wildman–Crippen MR) is 138 cm³/mol. The maximum absolute atomic E-state index is 5.78. The smallest absolute Gasteiger partial charge is 0.0704 e. The Bertz CT molecular complexity index is 434. The summed E-state index contributed by atoms with van der Waals surface area (Å²) in [7, 11) is 0. The molecule has 1 fully saturated rings. The van der Waals surface area contributed by atoms with Crippen LogP contribution in [0.5, 0.6) is 0 Å². The summed E-state index contributed by atoms with van der Waals surface area (Å²) < 4.78 is 54.6. The predicted octanol–water partition coefficient (Wildman–Crippen LogP) is -0.137. The van der Waals surface area contributed by atoms with Crippen molar-refractivity contribution in [2.24, 2.45) is 5.73 Å². The molecule has 3 N–H and O–H groups in total. The minimum Gasteiger partial charge on any atom is -0.378 e. The van der Waals surface area contributed by atoms with Crippen LogP contribution in [-0.4, -0.2) is 151 Å². The van der Waals surface area contributed by atoms with Crippen molar-refractivity contribution < 1.29 is 47.4 Å². The molecule has 1 rings (SSSR count). The third kappa shape index (κ3) is 26.9. The quantitative estimate of drug-likeness (QED) is 0.118. The average Bonchev–Trinajstić information content (AvgIpc) is 2.93.